The van der Waals surface area contributed by atoms with Crippen LogP contribution in [0.5, 0.6) is 0 Å². The fraction of sp³-hybridized carbons (Fsp3) is 0.167. The van der Waals surface area contributed by atoms with E-state index in [0.717, 1.165) is 10.6 Å². The maximum absolute atomic E-state index is 13.5. The van der Waals surface area contributed by atoms with Gasteiger partial charge in [-0.15, -0.1) is 11.3 Å². The van der Waals surface area contributed by atoms with E-state index in [2.05, 4.69) is 15.6 Å². The SMILES string of the molecule is O=C(Cc1csc(-c2ccsc2)n1)NCCNC(=O)c1ccccc1F. The van der Waals surface area contributed by atoms with Crippen LogP contribution < -0.4 is 10.6 Å². The average Bonchev–Trinajstić information content (AvgIpc) is 3.30. The van der Waals surface area contributed by atoms with Crippen molar-refractivity contribution >= 4 is 34.5 Å². The molecule has 8 heteroatoms. The van der Waals surface area contributed by atoms with Crippen molar-refractivity contribution in [2.45, 2.75) is 6.42 Å². The molecule has 3 aromatic rings. The molecule has 0 aliphatic rings. The number of hydrogen-bond donors (Lipinski definition) is 2. The highest BCUT2D eigenvalue weighted by Crippen LogP contribution is 2.25. The summed E-state index contributed by atoms with van der Waals surface area (Å²) in [6, 6.07) is 7.75. The second kappa shape index (κ2) is 8.68. The van der Waals surface area contributed by atoms with Crippen molar-refractivity contribution < 1.29 is 14.0 Å². The number of benzene rings is 1. The summed E-state index contributed by atoms with van der Waals surface area (Å²) in [6.07, 6.45) is 0.182. The number of thiazole rings is 1. The summed E-state index contributed by atoms with van der Waals surface area (Å²) >= 11 is 3.11. The number of thiophene rings is 1. The van der Waals surface area contributed by atoms with Gasteiger partial charge in [-0.2, -0.15) is 11.3 Å². The quantitative estimate of drug-likeness (QED) is 0.610. The molecule has 2 amide bonds. The zero-order valence-corrected chi connectivity index (χ0v) is 15.3. The van der Waals surface area contributed by atoms with Crippen molar-refractivity contribution in [3.63, 3.8) is 0 Å². The minimum Gasteiger partial charge on any atom is -0.354 e. The highest BCUT2D eigenvalue weighted by Gasteiger charge is 2.11. The second-order valence-corrected chi connectivity index (χ2v) is 7.06. The van der Waals surface area contributed by atoms with Gasteiger partial charge in [-0.25, -0.2) is 9.37 Å². The van der Waals surface area contributed by atoms with E-state index >= 15 is 0 Å². The van der Waals surface area contributed by atoms with Crippen LogP contribution in [-0.4, -0.2) is 29.9 Å². The Morgan fingerprint density at radius 2 is 1.88 bits per heavy atom. The summed E-state index contributed by atoms with van der Waals surface area (Å²) in [5.74, 6) is -1.25. The topological polar surface area (TPSA) is 71.1 Å². The number of carbonyl (C=O) groups excluding carboxylic acids is 2. The third kappa shape index (κ3) is 4.74. The molecule has 0 fully saturated rings. The van der Waals surface area contributed by atoms with Gasteiger partial charge >= 0.3 is 0 Å². The first-order chi connectivity index (χ1) is 12.6. The Labute approximate surface area is 157 Å². The van der Waals surface area contributed by atoms with E-state index in [-0.39, 0.29) is 31.0 Å². The first kappa shape index (κ1) is 18.2. The van der Waals surface area contributed by atoms with Gasteiger partial charge in [0.1, 0.15) is 10.8 Å². The van der Waals surface area contributed by atoms with Crippen molar-refractivity contribution in [2.75, 3.05) is 13.1 Å². The van der Waals surface area contributed by atoms with E-state index < -0.39 is 11.7 Å². The van der Waals surface area contributed by atoms with Crippen molar-refractivity contribution in [3.05, 3.63) is 63.5 Å². The van der Waals surface area contributed by atoms with Crippen LogP contribution in [0.1, 0.15) is 16.1 Å². The van der Waals surface area contributed by atoms with Gasteiger partial charge in [0.2, 0.25) is 5.91 Å². The smallest absolute Gasteiger partial charge is 0.254 e. The summed E-state index contributed by atoms with van der Waals surface area (Å²) in [6.45, 7) is 0.483. The lowest BCUT2D eigenvalue weighted by atomic mass is 10.2. The van der Waals surface area contributed by atoms with Crippen molar-refractivity contribution in [2.24, 2.45) is 0 Å². The van der Waals surface area contributed by atoms with Crippen LogP contribution in [0.3, 0.4) is 0 Å². The van der Waals surface area contributed by atoms with Gasteiger partial charge in [0.25, 0.3) is 5.91 Å². The highest BCUT2D eigenvalue weighted by atomic mass is 32.1. The van der Waals surface area contributed by atoms with Gasteiger partial charge in [0.15, 0.2) is 0 Å². The summed E-state index contributed by atoms with van der Waals surface area (Å²) in [4.78, 5) is 28.3. The van der Waals surface area contributed by atoms with E-state index in [1.165, 1.54) is 29.5 Å². The number of nitrogens with zero attached hydrogens (tertiary/aromatic N) is 1. The van der Waals surface area contributed by atoms with Gasteiger partial charge in [0.05, 0.1) is 17.7 Å². The average molecular weight is 389 g/mol. The van der Waals surface area contributed by atoms with E-state index in [1.807, 2.05) is 22.2 Å². The van der Waals surface area contributed by atoms with E-state index in [9.17, 15) is 14.0 Å². The number of nitrogens with one attached hydrogen (secondary N) is 2. The Morgan fingerprint density at radius 3 is 2.65 bits per heavy atom. The molecule has 0 spiro atoms. The molecule has 0 aliphatic heterocycles. The first-order valence-electron chi connectivity index (χ1n) is 7.90. The third-order valence-corrected chi connectivity index (χ3v) is 5.14. The molecule has 0 unspecified atom stereocenters. The molecular formula is C18H16FN3O2S2. The number of hydrogen-bond acceptors (Lipinski definition) is 5. The van der Waals surface area contributed by atoms with Gasteiger partial charge in [-0.1, -0.05) is 12.1 Å². The van der Waals surface area contributed by atoms with E-state index in [0.29, 0.717) is 5.69 Å². The van der Waals surface area contributed by atoms with Crippen LogP contribution in [0, 0.1) is 5.82 Å². The molecule has 2 N–H and O–H groups in total. The van der Waals surface area contributed by atoms with Crippen molar-refractivity contribution in [3.8, 4) is 10.6 Å². The molecule has 2 aromatic heterocycles. The second-order valence-electron chi connectivity index (χ2n) is 5.42. The lowest BCUT2D eigenvalue weighted by Gasteiger charge is -2.07. The van der Waals surface area contributed by atoms with Crippen LogP contribution in [0.15, 0.2) is 46.5 Å². The maximum Gasteiger partial charge on any atom is 0.254 e. The molecule has 0 aliphatic carbocycles. The molecule has 0 atom stereocenters. The fourth-order valence-electron chi connectivity index (χ4n) is 2.25. The highest BCUT2D eigenvalue weighted by molar-refractivity contribution is 7.14. The predicted octanol–water partition coefficient (Wildman–Crippen LogP) is 3.10. The fourth-order valence-corrected chi connectivity index (χ4v) is 3.78. The lowest BCUT2D eigenvalue weighted by molar-refractivity contribution is -0.120. The van der Waals surface area contributed by atoms with E-state index in [4.69, 9.17) is 0 Å². The minimum atomic E-state index is -0.570. The van der Waals surface area contributed by atoms with Crippen molar-refractivity contribution in [1.82, 2.24) is 15.6 Å². The molecular weight excluding hydrogens is 373 g/mol. The van der Waals surface area contributed by atoms with Gasteiger partial charge in [0, 0.05) is 29.4 Å². The van der Waals surface area contributed by atoms with Gasteiger partial charge in [-0.05, 0) is 23.6 Å². The van der Waals surface area contributed by atoms with E-state index in [1.54, 1.807) is 17.4 Å². The maximum atomic E-state index is 13.5. The Balaban J connectivity index is 1.41. The Hall–Kier alpha value is -2.58. The lowest BCUT2D eigenvalue weighted by Crippen LogP contribution is -2.35. The molecule has 1 aromatic carbocycles. The summed E-state index contributed by atoms with van der Waals surface area (Å²) < 4.78 is 13.5. The first-order valence-corrected chi connectivity index (χ1v) is 9.72. The molecule has 134 valence electrons. The zero-order chi connectivity index (χ0) is 18.4. The number of carbonyl (C=O) groups is 2. The van der Waals surface area contributed by atoms with Crippen LogP contribution in [0.25, 0.3) is 10.6 Å². The molecule has 26 heavy (non-hydrogen) atoms. The normalized spacial score (nSPS) is 10.5. The molecule has 0 saturated carbocycles. The Morgan fingerprint density at radius 1 is 1.08 bits per heavy atom. The largest absolute Gasteiger partial charge is 0.354 e. The monoisotopic (exact) mass is 389 g/mol. The van der Waals surface area contributed by atoms with Crippen LogP contribution in [-0.2, 0) is 11.2 Å². The molecule has 0 saturated heterocycles. The van der Waals surface area contributed by atoms with Crippen LogP contribution >= 0.6 is 22.7 Å². The van der Waals surface area contributed by atoms with Crippen LogP contribution in [0.4, 0.5) is 4.39 Å². The van der Waals surface area contributed by atoms with Crippen LogP contribution in [0.2, 0.25) is 0 Å². The minimum absolute atomic E-state index is 0.0118. The standard InChI is InChI=1S/C18H16FN3O2S2/c19-15-4-2-1-3-14(15)17(24)21-7-6-20-16(23)9-13-11-26-18(22-13)12-5-8-25-10-12/h1-5,8,10-11H,6-7,9H2,(H,20,23)(H,21,24). The van der Waals surface area contributed by atoms with Gasteiger partial charge in [-0.3, -0.25) is 9.59 Å². The molecule has 2 heterocycles. The number of rotatable bonds is 7. The molecule has 0 radical (unpaired) electrons. The number of halogens is 1. The third-order valence-electron chi connectivity index (χ3n) is 3.51. The summed E-state index contributed by atoms with van der Waals surface area (Å²) in [7, 11) is 0. The molecule has 0 bridgehead atoms. The molecule has 3 rings (SSSR count). The Bertz CT molecular complexity index is 893. The number of aromatic nitrogens is 1. The number of amides is 2. The molecule has 5 nitrogen and oxygen atoms in total. The summed E-state index contributed by atoms with van der Waals surface area (Å²) in [5, 5.41) is 12.1. The zero-order valence-electron chi connectivity index (χ0n) is 13.7. The van der Waals surface area contributed by atoms with Crippen molar-refractivity contribution in [1.29, 1.82) is 0 Å². The summed E-state index contributed by atoms with van der Waals surface area (Å²) in [5.41, 5.74) is 1.76. The van der Waals surface area contributed by atoms with Gasteiger partial charge < -0.3 is 10.6 Å². The predicted molar refractivity (Wildman–Crippen MR) is 101 cm³/mol. The Kier molecular flexibility index (Phi) is 6.08.